The molecule has 0 aromatic heterocycles. The van der Waals surface area contributed by atoms with Crippen LogP contribution in [0, 0.1) is 13.8 Å². The lowest BCUT2D eigenvalue weighted by Gasteiger charge is -2.12. The zero-order chi connectivity index (χ0) is 31.6. The number of hydrogen-bond donors (Lipinski definition) is 4. The van der Waals surface area contributed by atoms with Crippen LogP contribution in [0.5, 0.6) is 5.75 Å². The summed E-state index contributed by atoms with van der Waals surface area (Å²) in [4.78, 5) is -0.875. The van der Waals surface area contributed by atoms with Crippen LogP contribution in [0.1, 0.15) is 11.1 Å². The number of azo groups is 2. The van der Waals surface area contributed by atoms with Crippen molar-refractivity contribution in [1.29, 1.82) is 0 Å². The van der Waals surface area contributed by atoms with Crippen LogP contribution in [0.4, 0.5) is 34.1 Å². The highest BCUT2D eigenvalue weighted by atomic mass is 32.2. The van der Waals surface area contributed by atoms with Gasteiger partial charge in [0.15, 0.2) is 5.75 Å². The van der Waals surface area contributed by atoms with Crippen molar-refractivity contribution in [2.75, 3.05) is 5.32 Å². The third-order valence-corrected chi connectivity index (χ3v) is 8.31. The Morgan fingerprint density at radius 2 is 1.25 bits per heavy atom. The first kappa shape index (κ1) is 30.4. The minimum atomic E-state index is -4.80. The Morgan fingerprint density at radius 3 is 1.84 bits per heavy atom. The molecule has 0 saturated heterocycles. The number of rotatable bonds is 8. The monoisotopic (exact) mass is 631 g/mol. The standard InChI is InChI=1S/C30H25N5O7S2/c1-18-15-27(19(2)14-26(18)33-32-22-8-11-24(12-9-22)43(37,38)39)34-35-29-28(44(40,41)42)17-20-16-23(10-13-25(20)30(29)36)31-21-6-4-3-5-7-21/h3-17,31,36H,1-2H3,(H,37,38,39)(H,40,41,42). The number of anilines is 2. The Bertz CT molecular complexity index is 2170. The maximum absolute atomic E-state index is 12.3. The second kappa shape index (κ2) is 11.9. The predicted octanol–water partition coefficient (Wildman–Crippen LogP) is 8.23. The average molecular weight is 632 g/mol. The van der Waals surface area contributed by atoms with Crippen molar-refractivity contribution in [1.82, 2.24) is 0 Å². The summed E-state index contributed by atoms with van der Waals surface area (Å²) in [5.41, 5.74) is 3.44. The Morgan fingerprint density at radius 1 is 0.636 bits per heavy atom. The molecule has 0 aliphatic carbocycles. The highest BCUT2D eigenvalue weighted by molar-refractivity contribution is 7.86. The van der Waals surface area contributed by atoms with Gasteiger partial charge >= 0.3 is 0 Å². The number of phenolic OH excluding ortho intramolecular Hbond substituents is 1. The lowest BCUT2D eigenvalue weighted by atomic mass is 10.1. The molecular weight excluding hydrogens is 606 g/mol. The highest BCUT2D eigenvalue weighted by Gasteiger charge is 2.22. The molecule has 0 bridgehead atoms. The van der Waals surface area contributed by atoms with E-state index in [2.05, 4.69) is 25.8 Å². The van der Waals surface area contributed by atoms with Crippen molar-refractivity contribution in [2.45, 2.75) is 23.6 Å². The molecular formula is C30H25N5O7S2. The number of hydrogen-bond acceptors (Lipinski definition) is 10. The van der Waals surface area contributed by atoms with Crippen LogP contribution in [0.25, 0.3) is 10.8 Å². The van der Waals surface area contributed by atoms with E-state index in [0.29, 0.717) is 44.6 Å². The van der Waals surface area contributed by atoms with E-state index < -0.39 is 36.6 Å². The predicted molar refractivity (Wildman–Crippen MR) is 166 cm³/mol. The van der Waals surface area contributed by atoms with Crippen molar-refractivity contribution in [2.24, 2.45) is 20.5 Å². The quantitative estimate of drug-likeness (QED) is 0.0972. The van der Waals surface area contributed by atoms with Gasteiger partial charge in [-0.3, -0.25) is 9.11 Å². The van der Waals surface area contributed by atoms with Crippen molar-refractivity contribution in [3.05, 3.63) is 102 Å². The highest BCUT2D eigenvalue weighted by Crippen LogP contribution is 2.42. The molecule has 5 rings (SSSR count). The molecule has 14 heteroatoms. The summed E-state index contributed by atoms with van der Waals surface area (Å²) in [7, 11) is -9.13. The lowest BCUT2D eigenvalue weighted by Crippen LogP contribution is -1.99. The summed E-state index contributed by atoms with van der Waals surface area (Å²) in [5, 5.41) is 31.4. The Labute approximate surface area is 253 Å². The zero-order valence-electron chi connectivity index (χ0n) is 23.2. The first-order valence-corrected chi connectivity index (χ1v) is 15.8. The van der Waals surface area contributed by atoms with E-state index in [1.165, 1.54) is 30.3 Å². The van der Waals surface area contributed by atoms with Crippen LogP contribution in [0.3, 0.4) is 0 Å². The number of phenols is 1. The number of aryl methyl sites for hydroxylation is 2. The van der Waals surface area contributed by atoms with Gasteiger partial charge in [0.05, 0.1) is 22.0 Å². The maximum Gasteiger partial charge on any atom is 0.296 e. The maximum atomic E-state index is 12.3. The summed E-state index contributed by atoms with van der Waals surface area (Å²) in [6, 6.07) is 24.0. The van der Waals surface area contributed by atoms with Crippen LogP contribution >= 0.6 is 0 Å². The van der Waals surface area contributed by atoms with Gasteiger partial charge in [0.2, 0.25) is 0 Å². The molecule has 224 valence electrons. The van der Waals surface area contributed by atoms with Crippen molar-refractivity contribution in [3.63, 3.8) is 0 Å². The lowest BCUT2D eigenvalue weighted by molar-refractivity contribution is 0.472. The number of fused-ring (bicyclic) bond motifs is 1. The zero-order valence-corrected chi connectivity index (χ0v) is 24.9. The van der Waals surface area contributed by atoms with E-state index >= 15 is 0 Å². The minimum Gasteiger partial charge on any atom is -0.505 e. The van der Waals surface area contributed by atoms with Gasteiger partial charge in [-0.25, -0.2) is 0 Å². The molecule has 0 amide bonds. The van der Waals surface area contributed by atoms with Crippen LogP contribution in [-0.4, -0.2) is 31.0 Å². The number of benzene rings is 5. The molecule has 44 heavy (non-hydrogen) atoms. The molecule has 0 heterocycles. The first-order valence-electron chi connectivity index (χ1n) is 12.9. The number of para-hydroxylation sites is 1. The molecule has 0 atom stereocenters. The molecule has 0 aliphatic rings. The number of nitrogens with zero attached hydrogens (tertiary/aromatic N) is 4. The minimum absolute atomic E-state index is 0.266. The van der Waals surface area contributed by atoms with Crippen molar-refractivity contribution >= 4 is 65.1 Å². The molecule has 0 saturated carbocycles. The second-order valence-electron chi connectivity index (χ2n) is 9.77. The molecule has 0 fully saturated rings. The van der Waals surface area contributed by atoms with Crippen LogP contribution < -0.4 is 5.32 Å². The van der Waals surface area contributed by atoms with E-state index in [1.54, 1.807) is 44.2 Å². The summed E-state index contributed by atoms with van der Waals surface area (Å²) >= 11 is 0. The fourth-order valence-corrected chi connectivity index (χ4v) is 5.45. The summed E-state index contributed by atoms with van der Waals surface area (Å²) < 4.78 is 66.2. The Kier molecular flexibility index (Phi) is 8.25. The molecule has 5 aromatic carbocycles. The number of nitrogens with one attached hydrogen (secondary N) is 1. The van der Waals surface area contributed by atoms with Gasteiger partial charge in [0, 0.05) is 16.8 Å². The molecule has 12 nitrogen and oxygen atoms in total. The Hall–Kier alpha value is -5.02. The van der Waals surface area contributed by atoms with E-state index in [0.717, 1.165) is 5.69 Å². The molecule has 0 spiro atoms. The van der Waals surface area contributed by atoms with Crippen LogP contribution in [0.15, 0.2) is 121 Å². The normalized spacial score (nSPS) is 12.4. The second-order valence-corrected chi connectivity index (χ2v) is 12.6. The van der Waals surface area contributed by atoms with Gasteiger partial charge in [-0.15, -0.1) is 5.11 Å². The summed E-state index contributed by atoms with van der Waals surface area (Å²) in [6.45, 7) is 3.46. The smallest absolute Gasteiger partial charge is 0.296 e. The fourth-order valence-electron chi connectivity index (χ4n) is 4.31. The van der Waals surface area contributed by atoms with E-state index in [1.807, 2.05) is 30.3 Å². The van der Waals surface area contributed by atoms with Gasteiger partial charge in [-0.1, -0.05) is 18.2 Å². The fraction of sp³-hybridized carbons (Fsp3) is 0.0667. The van der Waals surface area contributed by atoms with Crippen molar-refractivity contribution < 1.29 is 31.0 Å². The molecule has 0 radical (unpaired) electrons. The van der Waals surface area contributed by atoms with E-state index in [9.17, 15) is 26.5 Å². The third kappa shape index (κ3) is 6.79. The van der Waals surface area contributed by atoms with Crippen LogP contribution in [-0.2, 0) is 20.2 Å². The molecule has 0 aliphatic heterocycles. The SMILES string of the molecule is Cc1cc(N=Nc2c(S(=O)(=O)O)cc3cc(Nc4ccccc4)ccc3c2O)c(C)cc1N=Nc1ccc(S(=O)(=O)O)cc1. The average Bonchev–Trinajstić information content (AvgIpc) is 2.97. The Balaban J connectivity index is 1.46. The first-order chi connectivity index (χ1) is 20.8. The summed E-state index contributed by atoms with van der Waals surface area (Å²) in [6.07, 6.45) is 0. The third-order valence-electron chi connectivity index (χ3n) is 6.57. The van der Waals surface area contributed by atoms with Gasteiger partial charge in [-0.2, -0.15) is 32.2 Å². The van der Waals surface area contributed by atoms with E-state index in [4.69, 9.17) is 4.55 Å². The topological polar surface area (TPSA) is 190 Å². The largest absolute Gasteiger partial charge is 0.505 e. The van der Waals surface area contributed by atoms with Gasteiger partial charge in [0.1, 0.15) is 10.6 Å². The molecule has 5 aromatic rings. The van der Waals surface area contributed by atoms with Gasteiger partial charge < -0.3 is 10.4 Å². The van der Waals surface area contributed by atoms with E-state index in [-0.39, 0.29) is 4.90 Å². The van der Waals surface area contributed by atoms with Gasteiger partial charge in [-0.05, 0) is 103 Å². The molecule has 0 unspecified atom stereocenters. The summed E-state index contributed by atoms with van der Waals surface area (Å²) in [5.74, 6) is -0.468. The number of aromatic hydroxyl groups is 1. The molecule has 4 N–H and O–H groups in total. The van der Waals surface area contributed by atoms with Crippen LogP contribution in [0.2, 0.25) is 0 Å². The van der Waals surface area contributed by atoms with Gasteiger partial charge in [0.25, 0.3) is 20.2 Å². The van der Waals surface area contributed by atoms with Crippen molar-refractivity contribution in [3.8, 4) is 5.75 Å².